The van der Waals surface area contributed by atoms with Crippen molar-refractivity contribution < 1.29 is 4.42 Å². The van der Waals surface area contributed by atoms with Gasteiger partial charge >= 0.3 is 0 Å². The van der Waals surface area contributed by atoms with Crippen molar-refractivity contribution >= 4 is 11.8 Å². The van der Waals surface area contributed by atoms with E-state index >= 15 is 0 Å². The summed E-state index contributed by atoms with van der Waals surface area (Å²) in [5.41, 5.74) is 1.11. The predicted molar refractivity (Wildman–Crippen MR) is 59.8 cm³/mol. The largest absolute Gasteiger partial charge is 0.414 e. The molecule has 0 unspecified atom stereocenters. The summed E-state index contributed by atoms with van der Waals surface area (Å²) >= 11 is 1.54. The smallest absolute Gasteiger partial charge is 0.276 e. The van der Waals surface area contributed by atoms with Gasteiger partial charge in [0.25, 0.3) is 5.22 Å². The molecule has 82 valence electrons. The minimum absolute atomic E-state index is 0.261. The van der Waals surface area contributed by atoms with Gasteiger partial charge < -0.3 is 9.73 Å². The van der Waals surface area contributed by atoms with E-state index in [1.54, 1.807) is 11.8 Å². The van der Waals surface area contributed by atoms with Gasteiger partial charge in [-0.05, 0) is 26.3 Å². The SMILES string of the molecule is C=C(C)CSc1nnc([C@H]2CCCN2)o1. The molecule has 2 heterocycles. The Labute approximate surface area is 93.5 Å². The Kier molecular flexibility index (Phi) is 3.43. The van der Waals surface area contributed by atoms with Crippen LogP contribution in [0.2, 0.25) is 0 Å². The number of aromatic nitrogens is 2. The summed E-state index contributed by atoms with van der Waals surface area (Å²) in [6.07, 6.45) is 2.27. The first-order valence-corrected chi connectivity index (χ1v) is 6.08. The average Bonchev–Trinajstić information content (AvgIpc) is 2.85. The molecule has 0 aliphatic carbocycles. The lowest BCUT2D eigenvalue weighted by Crippen LogP contribution is -2.12. The summed E-state index contributed by atoms with van der Waals surface area (Å²) in [4.78, 5) is 0. The average molecular weight is 225 g/mol. The van der Waals surface area contributed by atoms with Gasteiger partial charge in [0.2, 0.25) is 5.89 Å². The Morgan fingerprint density at radius 1 is 1.67 bits per heavy atom. The highest BCUT2D eigenvalue weighted by atomic mass is 32.2. The van der Waals surface area contributed by atoms with Crippen LogP contribution < -0.4 is 5.32 Å². The molecule has 1 aliphatic rings. The van der Waals surface area contributed by atoms with Crippen molar-refractivity contribution in [1.82, 2.24) is 15.5 Å². The molecule has 1 N–H and O–H groups in total. The molecular weight excluding hydrogens is 210 g/mol. The van der Waals surface area contributed by atoms with Crippen molar-refractivity contribution in [3.63, 3.8) is 0 Å². The molecule has 0 saturated carbocycles. The molecule has 15 heavy (non-hydrogen) atoms. The van der Waals surface area contributed by atoms with Crippen molar-refractivity contribution in [2.75, 3.05) is 12.3 Å². The van der Waals surface area contributed by atoms with Gasteiger partial charge in [-0.2, -0.15) is 0 Å². The second kappa shape index (κ2) is 4.81. The lowest BCUT2D eigenvalue weighted by Gasteiger charge is -2.02. The Bertz CT molecular complexity index is 344. The molecule has 0 aromatic carbocycles. The molecule has 2 rings (SSSR count). The Morgan fingerprint density at radius 2 is 2.53 bits per heavy atom. The standard InChI is InChI=1S/C10H15N3OS/c1-7(2)6-15-10-13-12-9(14-10)8-4-3-5-11-8/h8,11H,1,3-6H2,2H3/t8-/m1/s1. The maximum atomic E-state index is 5.56. The molecule has 1 saturated heterocycles. The Hall–Kier alpha value is -0.810. The van der Waals surface area contributed by atoms with E-state index in [0.29, 0.717) is 5.22 Å². The number of thioether (sulfide) groups is 1. The van der Waals surface area contributed by atoms with E-state index in [0.717, 1.165) is 30.2 Å². The molecule has 1 atom stereocenters. The molecule has 4 nitrogen and oxygen atoms in total. The fourth-order valence-electron chi connectivity index (χ4n) is 1.50. The summed E-state index contributed by atoms with van der Waals surface area (Å²) < 4.78 is 5.56. The normalized spacial score (nSPS) is 20.7. The van der Waals surface area contributed by atoms with Crippen LogP contribution in [0.5, 0.6) is 0 Å². The minimum atomic E-state index is 0.261. The van der Waals surface area contributed by atoms with Crippen LogP contribution >= 0.6 is 11.8 Å². The number of rotatable bonds is 4. The van der Waals surface area contributed by atoms with Crippen molar-refractivity contribution in [2.24, 2.45) is 0 Å². The number of nitrogens with one attached hydrogen (secondary N) is 1. The van der Waals surface area contributed by atoms with E-state index in [1.807, 2.05) is 6.92 Å². The molecular formula is C10H15N3OS. The van der Waals surface area contributed by atoms with Crippen LogP contribution in [-0.4, -0.2) is 22.5 Å². The molecule has 0 amide bonds. The number of hydrogen-bond acceptors (Lipinski definition) is 5. The first-order valence-electron chi connectivity index (χ1n) is 5.09. The lowest BCUT2D eigenvalue weighted by atomic mass is 10.2. The van der Waals surface area contributed by atoms with E-state index in [2.05, 4.69) is 22.1 Å². The van der Waals surface area contributed by atoms with Crippen LogP contribution in [0.25, 0.3) is 0 Å². The predicted octanol–water partition coefficient (Wildman–Crippen LogP) is 2.16. The monoisotopic (exact) mass is 225 g/mol. The quantitative estimate of drug-likeness (QED) is 0.628. The van der Waals surface area contributed by atoms with Crippen molar-refractivity contribution in [3.8, 4) is 0 Å². The van der Waals surface area contributed by atoms with Gasteiger partial charge in [-0.15, -0.1) is 10.2 Å². The summed E-state index contributed by atoms with van der Waals surface area (Å²) in [7, 11) is 0. The second-order valence-electron chi connectivity index (χ2n) is 3.80. The van der Waals surface area contributed by atoms with Gasteiger partial charge in [0.1, 0.15) is 0 Å². The van der Waals surface area contributed by atoms with Gasteiger partial charge in [-0.25, -0.2) is 0 Å². The van der Waals surface area contributed by atoms with Crippen LogP contribution in [-0.2, 0) is 0 Å². The van der Waals surface area contributed by atoms with Crippen molar-refractivity contribution in [2.45, 2.75) is 31.0 Å². The maximum absolute atomic E-state index is 5.56. The topological polar surface area (TPSA) is 51.0 Å². The molecule has 0 radical (unpaired) electrons. The number of hydrogen-bond donors (Lipinski definition) is 1. The molecule has 1 aliphatic heterocycles. The fourth-order valence-corrected chi connectivity index (χ4v) is 2.11. The van der Waals surface area contributed by atoms with Gasteiger partial charge in [0, 0.05) is 5.75 Å². The highest BCUT2D eigenvalue weighted by Gasteiger charge is 2.21. The molecule has 1 aromatic heterocycles. The summed E-state index contributed by atoms with van der Waals surface area (Å²) in [6, 6.07) is 0.261. The summed E-state index contributed by atoms with van der Waals surface area (Å²) in [6.45, 7) is 6.86. The third-order valence-corrected chi connectivity index (χ3v) is 3.27. The highest BCUT2D eigenvalue weighted by molar-refractivity contribution is 7.99. The second-order valence-corrected chi connectivity index (χ2v) is 4.73. The zero-order valence-corrected chi connectivity index (χ0v) is 9.64. The first-order chi connectivity index (χ1) is 7.25. The van der Waals surface area contributed by atoms with Crippen LogP contribution in [0, 0.1) is 0 Å². The fraction of sp³-hybridized carbons (Fsp3) is 0.600. The van der Waals surface area contributed by atoms with Gasteiger partial charge in [0.15, 0.2) is 0 Å². The molecule has 1 aromatic rings. The first kappa shape index (κ1) is 10.7. The van der Waals surface area contributed by atoms with Gasteiger partial charge in [-0.3, -0.25) is 0 Å². The minimum Gasteiger partial charge on any atom is -0.414 e. The van der Waals surface area contributed by atoms with Crippen LogP contribution in [0.15, 0.2) is 21.8 Å². The zero-order chi connectivity index (χ0) is 10.7. The van der Waals surface area contributed by atoms with E-state index in [-0.39, 0.29) is 6.04 Å². The Balaban J connectivity index is 1.94. The lowest BCUT2D eigenvalue weighted by molar-refractivity contribution is 0.374. The summed E-state index contributed by atoms with van der Waals surface area (Å²) in [5.74, 6) is 1.55. The van der Waals surface area contributed by atoms with Crippen LogP contribution in [0.1, 0.15) is 31.7 Å². The molecule has 0 spiro atoms. The molecule has 5 heteroatoms. The van der Waals surface area contributed by atoms with Crippen LogP contribution in [0.4, 0.5) is 0 Å². The third kappa shape index (κ3) is 2.82. The maximum Gasteiger partial charge on any atom is 0.276 e. The zero-order valence-electron chi connectivity index (χ0n) is 8.82. The summed E-state index contributed by atoms with van der Waals surface area (Å²) in [5, 5.41) is 12.0. The van der Waals surface area contributed by atoms with Crippen molar-refractivity contribution in [3.05, 3.63) is 18.0 Å². The van der Waals surface area contributed by atoms with E-state index in [4.69, 9.17) is 4.42 Å². The van der Waals surface area contributed by atoms with Crippen LogP contribution in [0.3, 0.4) is 0 Å². The van der Waals surface area contributed by atoms with Crippen molar-refractivity contribution in [1.29, 1.82) is 0 Å². The highest BCUT2D eigenvalue weighted by Crippen LogP contribution is 2.25. The number of nitrogens with zero attached hydrogens (tertiary/aromatic N) is 2. The van der Waals surface area contributed by atoms with E-state index in [9.17, 15) is 0 Å². The Morgan fingerprint density at radius 3 is 3.20 bits per heavy atom. The van der Waals surface area contributed by atoms with E-state index < -0.39 is 0 Å². The van der Waals surface area contributed by atoms with Gasteiger partial charge in [0.05, 0.1) is 6.04 Å². The molecule has 1 fully saturated rings. The molecule has 0 bridgehead atoms. The third-order valence-electron chi connectivity index (χ3n) is 2.22. The van der Waals surface area contributed by atoms with E-state index in [1.165, 1.54) is 6.42 Å². The van der Waals surface area contributed by atoms with Gasteiger partial charge in [-0.1, -0.05) is 23.9 Å².